The minimum absolute atomic E-state index is 0.0393. The number of hydrogen-bond acceptors (Lipinski definition) is 4. The van der Waals surface area contributed by atoms with E-state index in [0.717, 1.165) is 11.3 Å². The van der Waals surface area contributed by atoms with Crippen LogP contribution in [0.1, 0.15) is 36.2 Å². The number of hydrogen-bond donors (Lipinski definition) is 2. The number of carbonyl (C=O) groups excluding carboxylic acids is 2. The molecule has 6 heteroatoms. The van der Waals surface area contributed by atoms with Gasteiger partial charge in [0.2, 0.25) is 5.91 Å². The standard InChI is InChI=1S/C24H31N3O3/c1-17(2)16-20(25-23(29)19-9-5-4-8-18(19)3)24(30)27-14-12-26(13-15-27)21-10-6-7-11-22(21)28/h4-11,17,20,28H,12-16H2,1-3H3,(H,25,29). The van der Waals surface area contributed by atoms with Gasteiger partial charge in [-0.05, 0) is 43.0 Å². The monoisotopic (exact) mass is 409 g/mol. The Labute approximate surface area is 178 Å². The summed E-state index contributed by atoms with van der Waals surface area (Å²) in [5.41, 5.74) is 2.28. The molecule has 1 atom stereocenters. The molecule has 3 rings (SSSR count). The van der Waals surface area contributed by atoms with Gasteiger partial charge >= 0.3 is 0 Å². The third-order valence-electron chi connectivity index (χ3n) is 5.51. The Hall–Kier alpha value is -3.02. The molecule has 2 aromatic rings. The molecule has 0 aromatic heterocycles. The molecule has 0 aliphatic carbocycles. The lowest BCUT2D eigenvalue weighted by atomic mass is 10.0. The van der Waals surface area contributed by atoms with Crippen LogP contribution in [-0.4, -0.2) is 54.0 Å². The Morgan fingerprint density at radius 2 is 1.63 bits per heavy atom. The number of amides is 2. The molecule has 2 N–H and O–H groups in total. The molecule has 1 fully saturated rings. The van der Waals surface area contributed by atoms with E-state index in [1.54, 1.807) is 18.2 Å². The van der Waals surface area contributed by atoms with Crippen molar-refractivity contribution >= 4 is 17.5 Å². The van der Waals surface area contributed by atoms with Gasteiger partial charge in [-0.25, -0.2) is 0 Å². The van der Waals surface area contributed by atoms with Crippen molar-refractivity contribution in [2.24, 2.45) is 5.92 Å². The van der Waals surface area contributed by atoms with Crippen molar-refractivity contribution in [2.45, 2.75) is 33.2 Å². The van der Waals surface area contributed by atoms with Crippen LogP contribution in [0.5, 0.6) is 5.75 Å². The van der Waals surface area contributed by atoms with Gasteiger partial charge in [-0.1, -0.05) is 44.2 Å². The quantitative estimate of drug-likeness (QED) is 0.769. The summed E-state index contributed by atoms with van der Waals surface area (Å²) in [5, 5.41) is 13.1. The van der Waals surface area contributed by atoms with Crippen molar-refractivity contribution in [3.05, 3.63) is 59.7 Å². The second kappa shape index (κ2) is 9.65. The number of rotatable bonds is 6. The largest absolute Gasteiger partial charge is 0.506 e. The fraction of sp³-hybridized carbons (Fsp3) is 0.417. The summed E-state index contributed by atoms with van der Waals surface area (Å²) in [4.78, 5) is 29.9. The van der Waals surface area contributed by atoms with Gasteiger partial charge in [0.05, 0.1) is 5.69 Å². The van der Waals surface area contributed by atoms with Gasteiger partial charge in [-0.15, -0.1) is 0 Å². The second-order valence-electron chi connectivity index (χ2n) is 8.27. The Kier molecular flexibility index (Phi) is 6.98. The number of nitrogens with zero attached hydrogens (tertiary/aromatic N) is 2. The van der Waals surface area contributed by atoms with Crippen LogP contribution < -0.4 is 10.2 Å². The first kappa shape index (κ1) is 21.7. The van der Waals surface area contributed by atoms with Crippen LogP contribution in [-0.2, 0) is 4.79 Å². The maximum absolute atomic E-state index is 13.2. The summed E-state index contributed by atoms with van der Waals surface area (Å²) < 4.78 is 0. The van der Waals surface area contributed by atoms with E-state index in [1.807, 2.05) is 42.2 Å². The number of piperazine rings is 1. The highest BCUT2D eigenvalue weighted by Gasteiger charge is 2.30. The molecular weight excluding hydrogens is 378 g/mol. The third-order valence-corrected chi connectivity index (χ3v) is 5.51. The van der Waals surface area contributed by atoms with Crippen molar-refractivity contribution in [3.8, 4) is 5.75 Å². The maximum atomic E-state index is 13.2. The normalized spacial score (nSPS) is 15.2. The first-order valence-corrected chi connectivity index (χ1v) is 10.5. The number of aromatic hydroxyl groups is 1. The molecule has 0 radical (unpaired) electrons. The highest BCUT2D eigenvalue weighted by molar-refractivity contribution is 5.98. The maximum Gasteiger partial charge on any atom is 0.252 e. The fourth-order valence-corrected chi connectivity index (χ4v) is 3.88. The van der Waals surface area contributed by atoms with Crippen molar-refractivity contribution < 1.29 is 14.7 Å². The Bertz CT molecular complexity index is 889. The molecule has 2 aromatic carbocycles. The van der Waals surface area contributed by atoms with Gasteiger partial charge in [0.25, 0.3) is 5.91 Å². The molecule has 1 unspecified atom stereocenters. The molecule has 1 saturated heterocycles. The summed E-state index contributed by atoms with van der Waals surface area (Å²) in [5.74, 6) is 0.279. The Morgan fingerprint density at radius 1 is 1.00 bits per heavy atom. The number of phenols is 1. The van der Waals surface area contributed by atoms with Gasteiger partial charge in [-0.2, -0.15) is 0 Å². The molecular formula is C24H31N3O3. The van der Waals surface area contributed by atoms with Crippen LogP contribution in [0.4, 0.5) is 5.69 Å². The molecule has 160 valence electrons. The number of nitrogens with one attached hydrogen (secondary N) is 1. The van der Waals surface area contributed by atoms with E-state index in [9.17, 15) is 14.7 Å². The van der Waals surface area contributed by atoms with Gasteiger partial charge in [0, 0.05) is 31.7 Å². The second-order valence-corrected chi connectivity index (χ2v) is 8.27. The topological polar surface area (TPSA) is 72.9 Å². The summed E-state index contributed by atoms with van der Waals surface area (Å²) in [6, 6.07) is 14.1. The van der Waals surface area contributed by atoms with Crippen molar-refractivity contribution in [1.82, 2.24) is 10.2 Å². The van der Waals surface area contributed by atoms with E-state index in [4.69, 9.17) is 0 Å². The summed E-state index contributed by atoms with van der Waals surface area (Å²) >= 11 is 0. The van der Waals surface area contributed by atoms with E-state index < -0.39 is 6.04 Å². The lowest BCUT2D eigenvalue weighted by molar-refractivity contribution is -0.134. The third kappa shape index (κ3) is 5.12. The van der Waals surface area contributed by atoms with E-state index in [1.165, 1.54) is 0 Å². The fourth-order valence-electron chi connectivity index (χ4n) is 3.88. The lowest BCUT2D eigenvalue weighted by Crippen LogP contribution is -2.55. The highest BCUT2D eigenvalue weighted by Crippen LogP contribution is 2.27. The number of phenolic OH excluding ortho intramolecular Hbond substituents is 1. The van der Waals surface area contributed by atoms with Crippen molar-refractivity contribution in [3.63, 3.8) is 0 Å². The minimum atomic E-state index is -0.547. The zero-order chi connectivity index (χ0) is 21.7. The van der Waals surface area contributed by atoms with Crippen LogP contribution in [0.2, 0.25) is 0 Å². The average molecular weight is 410 g/mol. The zero-order valence-corrected chi connectivity index (χ0v) is 18.0. The lowest BCUT2D eigenvalue weighted by Gasteiger charge is -2.38. The molecule has 1 aliphatic rings. The minimum Gasteiger partial charge on any atom is -0.506 e. The summed E-state index contributed by atoms with van der Waals surface area (Å²) in [6.45, 7) is 8.40. The van der Waals surface area contributed by atoms with Gasteiger partial charge in [0.15, 0.2) is 0 Å². The Balaban J connectivity index is 1.66. The molecule has 0 spiro atoms. The number of anilines is 1. The smallest absolute Gasteiger partial charge is 0.252 e. The van der Waals surface area contributed by atoms with Crippen LogP contribution >= 0.6 is 0 Å². The van der Waals surface area contributed by atoms with Crippen LogP contribution in [0.3, 0.4) is 0 Å². The molecule has 6 nitrogen and oxygen atoms in total. The molecule has 2 amide bonds. The van der Waals surface area contributed by atoms with Gasteiger partial charge < -0.3 is 20.2 Å². The van der Waals surface area contributed by atoms with Crippen LogP contribution in [0, 0.1) is 12.8 Å². The highest BCUT2D eigenvalue weighted by atomic mass is 16.3. The predicted molar refractivity (Wildman–Crippen MR) is 119 cm³/mol. The number of para-hydroxylation sites is 2. The van der Waals surface area contributed by atoms with Gasteiger partial charge in [-0.3, -0.25) is 9.59 Å². The number of benzene rings is 2. The molecule has 1 aliphatic heterocycles. The Morgan fingerprint density at radius 3 is 2.27 bits per heavy atom. The first-order valence-electron chi connectivity index (χ1n) is 10.5. The van der Waals surface area contributed by atoms with Crippen molar-refractivity contribution in [1.29, 1.82) is 0 Å². The molecule has 0 saturated carbocycles. The van der Waals surface area contributed by atoms with Crippen molar-refractivity contribution in [2.75, 3.05) is 31.1 Å². The molecule has 30 heavy (non-hydrogen) atoms. The van der Waals surface area contributed by atoms with Crippen LogP contribution in [0.15, 0.2) is 48.5 Å². The molecule has 0 bridgehead atoms. The first-order chi connectivity index (χ1) is 14.4. The zero-order valence-electron chi connectivity index (χ0n) is 18.0. The van der Waals surface area contributed by atoms with E-state index in [0.29, 0.717) is 38.2 Å². The van der Waals surface area contributed by atoms with E-state index >= 15 is 0 Å². The number of aryl methyl sites for hydroxylation is 1. The van der Waals surface area contributed by atoms with Gasteiger partial charge in [0.1, 0.15) is 11.8 Å². The van der Waals surface area contributed by atoms with E-state index in [2.05, 4.69) is 24.1 Å². The average Bonchev–Trinajstić information content (AvgIpc) is 2.73. The number of carbonyl (C=O) groups is 2. The van der Waals surface area contributed by atoms with Crippen LogP contribution in [0.25, 0.3) is 0 Å². The molecule has 1 heterocycles. The summed E-state index contributed by atoms with van der Waals surface area (Å²) in [6.07, 6.45) is 0.593. The predicted octanol–water partition coefficient (Wildman–Crippen LogP) is 3.19. The SMILES string of the molecule is Cc1ccccc1C(=O)NC(CC(C)C)C(=O)N1CCN(c2ccccc2O)CC1. The van der Waals surface area contributed by atoms with E-state index in [-0.39, 0.29) is 23.5 Å². The summed E-state index contributed by atoms with van der Waals surface area (Å²) in [7, 11) is 0.